The smallest absolute Gasteiger partial charge is 0.250 e. The molecule has 3 aromatic rings. The van der Waals surface area contributed by atoms with Gasteiger partial charge in [-0.3, -0.25) is 9.59 Å². The van der Waals surface area contributed by atoms with Gasteiger partial charge >= 0.3 is 0 Å². The van der Waals surface area contributed by atoms with E-state index in [9.17, 15) is 14.0 Å². The summed E-state index contributed by atoms with van der Waals surface area (Å²) in [5, 5.41) is 2.90. The standard InChI is InChI=1S/C27H27FN2O4/c1-3-27(2,26(32)29-21-13-14-23-24(16-21)34-18-33-23)30(17-20-11-7-8-12-22(20)28)25(31)15-19-9-5-4-6-10-19/h4-14,16H,3,15,17-18H2,1-2H3,(H,29,32)/t27-/m0/s1. The van der Waals surface area contributed by atoms with Crippen LogP contribution in [0.15, 0.2) is 72.8 Å². The molecule has 0 aromatic heterocycles. The highest BCUT2D eigenvalue weighted by Crippen LogP contribution is 2.35. The van der Waals surface area contributed by atoms with Crippen molar-refractivity contribution in [2.45, 2.75) is 38.8 Å². The van der Waals surface area contributed by atoms with E-state index in [1.807, 2.05) is 37.3 Å². The number of carbonyl (C=O) groups excluding carboxylic acids is 2. The number of rotatable bonds is 8. The molecule has 1 N–H and O–H groups in total. The topological polar surface area (TPSA) is 67.9 Å². The SMILES string of the molecule is CC[C@@](C)(C(=O)Nc1ccc2c(c1)OCO2)N(Cc1ccccc1F)C(=O)Cc1ccccc1. The Morgan fingerprint density at radius 1 is 1.00 bits per heavy atom. The Bertz CT molecular complexity index is 1180. The molecule has 1 aliphatic rings. The van der Waals surface area contributed by atoms with Gasteiger partial charge in [-0.1, -0.05) is 55.5 Å². The number of hydrogen-bond acceptors (Lipinski definition) is 4. The second kappa shape index (κ2) is 9.95. The number of anilines is 1. The molecule has 0 bridgehead atoms. The Morgan fingerprint density at radius 3 is 2.44 bits per heavy atom. The lowest BCUT2D eigenvalue weighted by molar-refractivity contribution is -0.145. The van der Waals surface area contributed by atoms with Crippen molar-refractivity contribution in [1.29, 1.82) is 0 Å². The van der Waals surface area contributed by atoms with Gasteiger partial charge in [0.1, 0.15) is 11.4 Å². The molecule has 34 heavy (non-hydrogen) atoms. The van der Waals surface area contributed by atoms with Gasteiger partial charge in [0.15, 0.2) is 11.5 Å². The van der Waals surface area contributed by atoms with Crippen LogP contribution < -0.4 is 14.8 Å². The van der Waals surface area contributed by atoms with Crippen molar-refractivity contribution in [1.82, 2.24) is 4.90 Å². The van der Waals surface area contributed by atoms with Crippen molar-refractivity contribution in [2.75, 3.05) is 12.1 Å². The molecule has 0 radical (unpaired) electrons. The first kappa shape index (κ1) is 23.3. The summed E-state index contributed by atoms with van der Waals surface area (Å²) in [6.45, 7) is 3.64. The second-order valence-electron chi connectivity index (χ2n) is 8.38. The summed E-state index contributed by atoms with van der Waals surface area (Å²) in [7, 11) is 0. The maximum atomic E-state index is 14.5. The zero-order valence-corrected chi connectivity index (χ0v) is 19.2. The maximum Gasteiger partial charge on any atom is 0.250 e. The average molecular weight is 463 g/mol. The molecule has 0 unspecified atom stereocenters. The maximum absolute atomic E-state index is 14.5. The third-order valence-electron chi connectivity index (χ3n) is 6.19. The van der Waals surface area contributed by atoms with E-state index in [2.05, 4.69) is 5.32 Å². The van der Waals surface area contributed by atoms with Crippen LogP contribution in [-0.4, -0.2) is 29.0 Å². The molecule has 4 rings (SSSR count). The van der Waals surface area contributed by atoms with Crippen LogP contribution in [0.2, 0.25) is 0 Å². The molecular weight excluding hydrogens is 435 g/mol. The van der Waals surface area contributed by atoms with E-state index in [-0.39, 0.29) is 31.6 Å². The number of amides is 2. The van der Waals surface area contributed by atoms with Crippen molar-refractivity contribution in [3.8, 4) is 11.5 Å². The van der Waals surface area contributed by atoms with Crippen LogP contribution in [0.25, 0.3) is 0 Å². The average Bonchev–Trinajstić information content (AvgIpc) is 3.31. The van der Waals surface area contributed by atoms with Gasteiger partial charge in [-0.25, -0.2) is 4.39 Å². The predicted molar refractivity (Wildman–Crippen MR) is 127 cm³/mol. The number of nitrogens with one attached hydrogen (secondary N) is 1. The molecule has 1 atom stereocenters. The zero-order chi connectivity index (χ0) is 24.1. The third kappa shape index (κ3) is 4.88. The number of halogens is 1. The quantitative estimate of drug-likeness (QED) is 0.515. The number of fused-ring (bicyclic) bond motifs is 1. The van der Waals surface area contributed by atoms with Crippen LogP contribution in [0, 0.1) is 5.82 Å². The molecule has 2 amide bonds. The van der Waals surface area contributed by atoms with Crippen LogP contribution in [-0.2, 0) is 22.6 Å². The van der Waals surface area contributed by atoms with E-state index < -0.39 is 11.4 Å². The van der Waals surface area contributed by atoms with Crippen molar-refractivity contribution < 1.29 is 23.5 Å². The van der Waals surface area contributed by atoms with Gasteiger partial charge in [-0.05, 0) is 37.1 Å². The third-order valence-corrected chi connectivity index (χ3v) is 6.19. The van der Waals surface area contributed by atoms with Gasteiger partial charge in [-0.15, -0.1) is 0 Å². The molecular formula is C27H27FN2O4. The number of ether oxygens (including phenoxy) is 2. The lowest BCUT2D eigenvalue weighted by Gasteiger charge is -2.40. The molecule has 0 fully saturated rings. The summed E-state index contributed by atoms with van der Waals surface area (Å²) in [5.41, 5.74) is 0.459. The fourth-order valence-corrected chi connectivity index (χ4v) is 3.91. The summed E-state index contributed by atoms with van der Waals surface area (Å²) < 4.78 is 25.3. The molecule has 1 heterocycles. The summed E-state index contributed by atoms with van der Waals surface area (Å²) in [6, 6.07) is 20.7. The van der Waals surface area contributed by atoms with Crippen LogP contribution in [0.4, 0.5) is 10.1 Å². The molecule has 0 saturated heterocycles. The zero-order valence-electron chi connectivity index (χ0n) is 19.2. The number of nitrogens with zero attached hydrogens (tertiary/aromatic N) is 1. The molecule has 176 valence electrons. The number of hydrogen-bond donors (Lipinski definition) is 1. The first-order valence-corrected chi connectivity index (χ1v) is 11.2. The van der Waals surface area contributed by atoms with E-state index in [1.54, 1.807) is 43.3 Å². The fraction of sp³-hybridized carbons (Fsp3) is 0.259. The van der Waals surface area contributed by atoms with Crippen LogP contribution in [0.1, 0.15) is 31.4 Å². The van der Waals surface area contributed by atoms with E-state index in [4.69, 9.17) is 9.47 Å². The normalized spacial score (nSPS) is 13.7. The van der Waals surface area contributed by atoms with Crippen LogP contribution in [0.5, 0.6) is 11.5 Å². The summed E-state index contributed by atoms with van der Waals surface area (Å²) in [4.78, 5) is 28.6. The first-order valence-electron chi connectivity index (χ1n) is 11.2. The highest BCUT2D eigenvalue weighted by atomic mass is 19.1. The number of benzene rings is 3. The van der Waals surface area contributed by atoms with Crippen LogP contribution in [0.3, 0.4) is 0 Å². The predicted octanol–water partition coefficient (Wildman–Crippen LogP) is 4.93. The first-order chi connectivity index (χ1) is 16.4. The molecule has 0 spiro atoms. The van der Waals surface area contributed by atoms with Crippen molar-refractivity contribution in [3.63, 3.8) is 0 Å². The minimum Gasteiger partial charge on any atom is -0.454 e. The molecule has 7 heteroatoms. The van der Waals surface area contributed by atoms with Gasteiger partial charge in [0.25, 0.3) is 0 Å². The van der Waals surface area contributed by atoms with Crippen molar-refractivity contribution in [2.24, 2.45) is 0 Å². The second-order valence-corrected chi connectivity index (χ2v) is 8.38. The highest BCUT2D eigenvalue weighted by Gasteiger charge is 2.41. The summed E-state index contributed by atoms with van der Waals surface area (Å²) in [6.07, 6.45) is 0.431. The monoisotopic (exact) mass is 462 g/mol. The van der Waals surface area contributed by atoms with Crippen LogP contribution >= 0.6 is 0 Å². The van der Waals surface area contributed by atoms with Crippen molar-refractivity contribution in [3.05, 3.63) is 89.7 Å². The Labute approximate surface area is 198 Å². The minimum absolute atomic E-state index is 0.0305. The molecule has 0 aliphatic carbocycles. The van der Waals surface area contributed by atoms with E-state index in [0.717, 1.165) is 5.56 Å². The lowest BCUT2D eigenvalue weighted by atomic mass is 9.92. The van der Waals surface area contributed by atoms with Gasteiger partial charge in [0.05, 0.1) is 6.42 Å². The van der Waals surface area contributed by atoms with Gasteiger partial charge < -0.3 is 19.7 Å². The number of carbonyl (C=O) groups is 2. The molecule has 3 aromatic carbocycles. The van der Waals surface area contributed by atoms with Gasteiger partial charge in [-0.2, -0.15) is 0 Å². The molecule has 6 nitrogen and oxygen atoms in total. The molecule has 1 aliphatic heterocycles. The fourth-order valence-electron chi connectivity index (χ4n) is 3.91. The minimum atomic E-state index is -1.23. The summed E-state index contributed by atoms with van der Waals surface area (Å²) in [5.74, 6) is 0.0933. The van der Waals surface area contributed by atoms with E-state index in [0.29, 0.717) is 29.2 Å². The van der Waals surface area contributed by atoms with Gasteiger partial charge in [0, 0.05) is 23.9 Å². The van der Waals surface area contributed by atoms with Crippen molar-refractivity contribution >= 4 is 17.5 Å². The van der Waals surface area contributed by atoms with E-state index in [1.165, 1.54) is 11.0 Å². The Kier molecular flexibility index (Phi) is 6.82. The highest BCUT2D eigenvalue weighted by molar-refractivity contribution is 6.00. The van der Waals surface area contributed by atoms with Gasteiger partial charge in [0.2, 0.25) is 18.6 Å². The van der Waals surface area contributed by atoms with E-state index >= 15 is 0 Å². The lowest BCUT2D eigenvalue weighted by Crippen LogP contribution is -2.56. The summed E-state index contributed by atoms with van der Waals surface area (Å²) >= 11 is 0. The Balaban J connectivity index is 1.64. The Hall–Kier alpha value is -3.87. The Morgan fingerprint density at radius 2 is 1.71 bits per heavy atom. The largest absolute Gasteiger partial charge is 0.454 e. The molecule has 0 saturated carbocycles.